The molecule has 22 heavy (non-hydrogen) atoms. The number of hydrogen-bond acceptors (Lipinski definition) is 5. The van der Waals surface area contributed by atoms with Crippen molar-refractivity contribution in [2.24, 2.45) is 5.92 Å². The van der Waals surface area contributed by atoms with Crippen LogP contribution in [0.1, 0.15) is 42.0 Å². The zero-order chi connectivity index (χ0) is 15.7. The van der Waals surface area contributed by atoms with Gasteiger partial charge < -0.3 is 10.4 Å². The fourth-order valence-corrected chi connectivity index (χ4v) is 2.74. The highest BCUT2D eigenvalue weighted by molar-refractivity contribution is 5.91. The van der Waals surface area contributed by atoms with Crippen molar-refractivity contribution < 1.29 is 14.7 Å². The maximum Gasteiger partial charge on any atom is 0.306 e. The topological polar surface area (TPSA) is 109 Å². The summed E-state index contributed by atoms with van der Waals surface area (Å²) in [6.07, 6.45) is 4.11. The molecule has 0 spiro atoms. The van der Waals surface area contributed by atoms with E-state index in [4.69, 9.17) is 5.11 Å². The zero-order valence-electron chi connectivity index (χ0n) is 12.2. The van der Waals surface area contributed by atoms with Gasteiger partial charge in [-0.1, -0.05) is 0 Å². The van der Waals surface area contributed by atoms with Crippen LogP contribution in [-0.4, -0.2) is 42.6 Å². The lowest BCUT2D eigenvalue weighted by molar-refractivity contribution is -0.142. The summed E-state index contributed by atoms with van der Waals surface area (Å²) in [6, 6.07) is 1.76. The van der Waals surface area contributed by atoms with Crippen molar-refractivity contribution in [2.45, 2.75) is 38.6 Å². The highest BCUT2D eigenvalue weighted by Crippen LogP contribution is 2.24. The molecule has 1 amide bonds. The number of hydrogen-bond donors (Lipinski definition) is 2. The van der Waals surface area contributed by atoms with Gasteiger partial charge in [-0.3, -0.25) is 9.59 Å². The van der Waals surface area contributed by atoms with Crippen LogP contribution in [0.25, 0.3) is 5.78 Å². The molecule has 3 rings (SSSR count). The molecule has 8 heteroatoms. The number of aryl methyl sites for hydroxylation is 1. The number of carboxylic acids is 1. The van der Waals surface area contributed by atoms with Gasteiger partial charge in [0.25, 0.3) is 11.7 Å². The van der Waals surface area contributed by atoms with Crippen LogP contribution in [0.2, 0.25) is 0 Å². The molecule has 116 valence electrons. The molecule has 0 unspecified atom stereocenters. The normalized spacial score (nSPS) is 21.7. The van der Waals surface area contributed by atoms with Crippen molar-refractivity contribution in [2.75, 3.05) is 0 Å². The van der Waals surface area contributed by atoms with Gasteiger partial charge in [0.1, 0.15) is 0 Å². The Labute approximate surface area is 126 Å². The van der Waals surface area contributed by atoms with Gasteiger partial charge in [-0.2, -0.15) is 4.98 Å². The Bertz CT molecular complexity index is 718. The van der Waals surface area contributed by atoms with Crippen molar-refractivity contribution in [3.05, 3.63) is 23.8 Å². The molecule has 0 atom stereocenters. The highest BCUT2D eigenvalue weighted by Gasteiger charge is 2.27. The van der Waals surface area contributed by atoms with Gasteiger partial charge in [-0.15, -0.1) is 5.10 Å². The second-order valence-electron chi connectivity index (χ2n) is 5.59. The van der Waals surface area contributed by atoms with Crippen LogP contribution in [0.5, 0.6) is 0 Å². The molecule has 1 saturated carbocycles. The van der Waals surface area contributed by atoms with E-state index in [0.29, 0.717) is 31.5 Å². The van der Waals surface area contributed by atoms with Crippen molar-refractivity contribution >= 4 is 17.7 Å². The predicted octanol–water partition coefficient (Wildman–Crippen LogP) is 0.806. The van der Waals surface area contributed by atoms with E-state index in [-0.39, 0.29) is 23.7 Å². The Morgan fingerprint density at radius 2 is 2.05 bits per heavy atom. The summed E-state index contributed by atoms with van der Waals surface area (Å²) in [5, 5.41) is 16.0. The molecule has 0 aromatic carbocycles. The summed E-state index contributed by atoms with van der Waals surface area (Å²) >= 11 is 0. The van der Waals surface area contributed by atoms with E-state index >= 15 is 0 Å². The molecule has 0 radical (unpaired) electrons. The van der Waals surface area contributed by atoms with Crippen LogP contribution in [0.15, 0.2) is 12.3 Å². The molecule has 1 aliphatic rings. The summed E-state index contributed by atoms with van der Waals surface area (Å²) in [7, 11) is 0. The smallest absolute Gasteiger partial charge is 0.306 e. The highest BCUT2D eigenvalue weighted by atomic mass is 16.4. The number of rotatable bonds is 3. The molecule has 2 aromatic rings. The average molecular weight is 303 g/mol. The Kier molecular flexibility index (Phi) is 3.74. The summed E-state index contributed by atoms with van der Waals surface area (Å²) in [5.74, 6) is -0.924. The van der Waals surface area contributed by atoms with E-state index in [2.05, 4.69) is 20.4 Å². The number of aliphatic carboxylic acids is 1. The molecule has 0 aliphatic heterocycles. The van der Waals surface area contributed by atoms with E-state index in [1.165, 1.54) is 4.52 Å². The van der Waals surface area contributed by atoms with E-state index in [0.717, 1.165) is 5.69 Å². The number of carboxylic acid groups (broad SMARTS) is 1. The number of nitrogens with one attached hydrogen (secondary N) is 1. The quantitative estimate of drug-likeness (QED) is 0.868. The minimum Gasteiger partial charge on any atom is -0.481 e. The van der Waals surface area contributed by atoms with E-state index in [1.54, 1.807) is 12.3 Å². The van der Waals surface area contributed by atoms with Crippen LogP contribution >= 0.6 is 0 Å². The van der Waals surface area contributed by atoms with Crippen molar-refractivity contribution in [3.8, 4) is 0 Å². The van der Waals surface area contributed by atoms with Gasteiger partial charge >= 0.3 is 5.97 Å². The summed E-state index contributed by atoms with van der Waals surface area (Å²) in [6.45, 7) is 1.86. The van der Waals surface area contributed by atoms with Crippen molar-refractivity contribution in [1.82, 2.24) is 24.9 Å². The lowest BCUT2D eigenvalue weighted by Crippen LogP contribution is -2.39. The molecule has 0 bridgehead atoms. The maximum atomic E-state index is 12.2. The molecular formula is C14H17N5O3. The molecule has 2 heterocycles. The van der Waals surface area contributed by atoms with Crippen molar-refractivity contribution in [3.63, 3.8) is 0 Å². The molecule has 1 fully saturated rings. The number of carbonyl (C=O) groups is 2. The number of fused-ring (bicyclic) bond motifs is 1. The number of carbonyl (C=O) groups excluding carboxylic acids is 1. The second kappa shape index (κ2) is 5.70. The summed E-state index contributed by atoms with van der Waals surface area (Å²) < 4.78 is 1.52. The third-order valence-electron chi connectivity index (χ3n) is 4.04. The van der Waals surface area contributed by atoms with Crippen LogP contribution in [0, 0.1) is 12.8 Å². The summed E-state index contributed by atoms with van der Waals surface area (Å²) in [4.78, 5) is 31.3. The molecule has 8 nitrogen and oxygen atoms in total. The second-order valence-corrected chi connectivity index (χ2v) is 5.59. The van der Waals surface area contributed by atoms with E-state index in [1.807, 2.05) is 6.92 Å². The largest absolute Gasteiger partial charge is 0.481 e. The minimum absolute atomic E-state index is 0.0243. The van der Waals surface area contributed by atoms with E-state index in [9.17, 15) is 9.59 Å². The first-order chi connectivity index (χ1) is 10.5. The number of amides is 1. The first kappa shape index (κ1) is 14.4. The fraction of sp³-hybridized carbons (Fsp3) is 0.500. The lowest BCUT2D eigenvalue weighted by atomic mass is 9.86. The van der Waals surface area contributed by atoms with Crippen LogP contribution < -0.4 is 5.32 Å². The molecule has 2 aromatic heterocycles. The van der Waals surface area contributed by atoms with Gasteiger partial charge in [0.2, 0.25) is 5.82 Å². The third-order valence-corrected chi connectivity index (χ3v) is 4.04. The first-order valence-corrected chi connectivity index (χ1v) is 7.26. The number of nitrogens with zero attached hydrogens (tertiary/aromatic N) is 4. The van der Waals surface area contributed by atoms with Gasteiger partial charge in [-0.05, 0) is 38.7 Å². The monoisotopic (exact) mass is 303 g/mol. The van der Waals surface area contributed by atoms with Crippen LogP contribution in [0.4, 0.5) is 0 Å². The van der Waals surface area contributed by atoms with Gasteiger partial charge in [0.05, 0.1) is 5.92 Å². The predicted molar refractivity (Wildman–Crippen MR) is 76.4 cm³/mol. The SMILES string of the molecule is Cc1ccnc2nc(C(=O)NC3CCC(C(=O)O)CC3)nn12. The first-order valence-electron chi connectivity index (χ1n) is 7.26. The lowest BCUT2D eigenvalue weighted by Gasteiger charge is -2.26. The Hall–Kier alpha value is -2.51. The molecular weight excluding hydrogens is 286 g/mol. The van der Waals surface area contributed by atoms with Crippen LogP contribution in [0.3, 0.4) is 0 Å². The minimum atomic E-state index is -0.756. The maximum absolute atomic E-state index is 12.2. The molecule has 0 saturated heterocycles. The van der Waals surface area contributed by atoms with E-state index < -0.39 is 5.97 Å². The Morgan fingerprint density at radius 3 is 2.68 bits per heavy atom. The third kappa shape index (κ3) is 2.76. The standard InChI is InChI=1S/C14H17N5O3/c1-8-6-7-15-14-17-11(18-19(8)14)12(20)16-10-4-2-9(3-5-10)13(21)22/h6-7,9-10H,2-5H2,1H3,(H,16,20)(H,21,22). The Balaban J connectivity index is 1.67. The van der Waals surface area contributed by atoms with Gasteiger partial charge in [-0.25, -0.2) is 9.50 Å². The molecule has 2 N–H and O–H groups in total. The average Bonchev–Trinajstić information content (AvgIpc) is 2.93. The van der Waals surface area contributed by atoms with Crippen LogP contribution in [-0.2, 0) is 4.79 Å². The van der Waals surface area contributed by atoms with Gasteiger partial charge in [0, 0.05) is 17.9 Å². The fourth-order valence-electron chi connectivity index (χ4n) is 2.74. The Morgan fingerprint density at radius 1 is 1.32 bits per heavy atom. The van der Waals surface area contributed by atoms with Crippen molar-refractivity contribution in [1.29, 1.82) is 0 Å². The number of aromatic nitrogens is 4. The molecule has 1 aliphatic carbocycles. The van der Waals surface area contributed by atoms with Gasteiger partial charge in [0.15, 0.2) is 0 Å². The zero-order valence-corrected chi connectivity index (χ0v) is 12.2. The summed E-state index contributed by atoms with van der Waals surface area (Å²) in [5.41, 5.74) is 0.846.